The summed E-state index contributed by atoms with van der Waals surface area (Å²) in [6.45, 7) is 13.1. The second-order valence-corrected chi connectivity index (χ2v) is 8.31. The Morgan fingerprint density at radius 2 is 1.80 bits per heavy atom. The van der Waals surface area contributed by atoms with Gasteiger partial charge in [-0.05, 0) is 54.2 Å². The highest BCUT2D eigenvalue weighted by molar-refractivity contribution is 5.80. The van der Waals surface area contributed by atoms with E-state index >= 15 is 0 Å². The first-order chi connectivity index (χ1) is 14.4. The SMILES string of the molecule is Cc1cc(OC(C)C(=O)NCc2ccccc2CN2CCOCC2)ccc1C(C)C. The van der Waals surface area contributed by atoms with E-state index in [2.05, 4.69) is 55.3 Å². The molecule has 1 fully saturated rings. The van der Waals surface area contributed by atoms with Crippen LogP contribution in [0.25, 0.3) is 0 Å². The van der Waals surface area contributed by atoms with Crippen molar-refractivity contribution >= 4 is 5.91 Å². The molecule has 2 aromatic carbocycles. The highest BCUT2D eigenvalue weighted by atomic mass is 16.5. The van der Waals surface area contributed by atoms with Gasteiger partial charge in [-0.3, -0.25) is 9.69 Å². The third kappa shape index (κ3) is 6.07. The lowest BCUT2D eigenvalue weighted by Crippen LogP contribution is -2.37. The molecule has 1 aliphatic heterocycles. The number of benzene rings is 2. The van der Waals surface area contributed by atoms with E-state index in [4.69, 9.17) is 9.47 Å². The summed E-state index contributed by atoms with van der Waals surface area (Å²) in [7, 11) is 0. The average molecular weight is 411 g/mol. The van der Waals surface area contributed by atoms with Gasteiger partial charge in [-0.15, -0.1) is 0 Å². The highest BCUT2D eigenvalue weighted by Gasteiger charge is 2.17. The first-order valence-corrected chi connectivity index (χ1v) is 10.9. The minimum Gasteiger partial charge on any atom is -0.481 e. The van der Waals surface area contributed by atoms with Gasteiger partial charge < -0.3 is 14.8 Å². The zero-order chi connectivity index (χ0) is 21.5. The molecule has 0 aliphatic carbocycles. The number of morpholine rings is 1. The Labute approximate surface area is 180 Å². The van der Waals surface area contributed by atoms with Crippen molar-refractivity contribution in [3.05, 3.63) is 64.7 Å². The highest BCUT2D eigenvalue weighted by Crippen LogP contribution is 2.24. The van der Waals surface area contributed by atoms with E-state index in [1.165, 1.54) is 16.7 Å². The first-order valence-electron chi connectivity index (χ1n) is 10.9. The van der Waals surface area contributed by atoms with Crippen molar-refractivity contribution < 1.29 is 14.3 Å². The molecule has 1 heterocycles. The van der Waals surface area contributed by atoms with Crippen molar-refractivity contribution in [1.82, 2.24) is 10.2 Å². The summed E-state index contributed by atoms with van der Waals surface area (Å²) in [5.74, 6) is 1.09. The molecule has 5 nitrogen and oxygen atoms in total. The smallest absolute Gasteiger partial charge is 0.261 e. The molecule has 0 spiro atoms. The Morgan fingerprint density at radius 3 is 2.47 bits per heavy atom. The number of hydrogen-bond donors (Lipinski definition) is 1. The van der Waals surface area contributed by atoms with E-state index < -0.39 is 6.10 Å². The third-order valence-corrected chi connectivity index (χ3v) is 5.61. The number of ether oxygens (including phenoxy) is 2. The molecule has 1 amide bonds. The van der Waals surface area contributed by atoms with Gasteiger partial charge in [-0.25, -0.2) is 0 Å². The molecule has 2 aromatic rings. The molecular weight excluding hydrogens is 376 g/mol. The van der Waals surface area contributed by atoms with E-state index in [0.717, 1.165) is 44.2 Å². The van der Waals surface area contributed by atoms with Crippen LogP contribution in [0.2, 0.25) is 0 Å². The quantitative estimate of drug-likeness (QED) is 0.714. The summed E-state index contributed by atoms with van der Waals surface area (Å²) in [6.07, 6.45) is -0.555. The zero-order valence-electron chi connectivity index (χ0n) is 18.6. The molecule has 5 heteroatoms. The molecule has 0 aromatic heterocycles. The van der Waals surface area contributed by atoms with E-state index in [1.807, 2.05) is 18.2 Å². The number of nitrogens with zero attached hydrogens (tertiary/aromatic N) is 1. The summed E-state index contributed by atoms with van der Waals surface area (Å²) in [4.78, 5) is 15.0. The van der Waals surface area contributed by atoms with Crippen molar-refractivity contribution in [3.63, 3.8) is 0 Å². The first kappa shape index (κ1) is 22.3. The van der Waals surface area contributed by atoms with Crippen LogP contribution >= 0.6 is 0 Å². The number of amides is 1. The van der Waals surface area contributed by atoms with E-state index in [9.17, 15) is 4.79 Å². The van der Waals surface area contributed by atoms with Crippen LogP contribution in [0, 0.1) is 6.92 Å². The number of aryl methyl sites for hydroxylation is 1. The lowest BCUT2D eigenvalue weighted by atomic mass is 9.98. The van der Waals surface area contributed by atoms with Crippen LogP contribution in [0.15, 0.2) is 42.5 Å². The van der Waals surface area contributed by atoms with Gasteiger partial charge in [0.1, 0.15) is 5.75 Å². The largest absolute Gasteiger partial charge is 0.481 e. The molecule has 1 atom stereocenters. The molecule has 1 saturated heterocycles. The minimum atomic E-state index is -0.555. The number of carbonyl (C=O) groups is 1. The van der Waals surface area contributed by atoms with Crippen molar-refractivity contribution in [2.45, 2.75) is 52.8 Å². The lowest BCUT2D eigenvalue weighted by molar-refractivity contribution is -0.127. The fraction of sp³-hybridized carbons (Fsp3) is 0.480. The number of hydrogen-bond acceptors (Lipinski definition) is 4. The standard InChI is InChI=1S/C25H34N2O3/c1-18(2)24-10-9-23(15-19(24)3)30-20(4)25(28)26-16-21-7-5-6-8-22(21)17-27-11-13-29-14-12-27/h5-10,15,18,20H,11-14,16-17H2,1-4H3,(H,26,28). The number of rotatable bonds is 8. The van der Waals surface area contributed by atoms with Crippen LogP contribution in [0.4, 0.5) is 0 Å². The van der Waals surface area contributed by atoms with Crippen LogP contribution in [-0.4, -0.2) is 43.2 Å². The van der Waals surface area contributed by atoms with Gasteiger partial charge in [-0.2, -0.15) is 0 Å². The van der Waals surface area contributed by atoms with Crippen molar-refractivity contribution in [2.75, 3.05) is 26.3 Å². The summed E-state index contributed by atoms with van der Waals surface area (Å²) < 4.78 is 11.3. The molecule has 0 saturated carbocycles. The van der Waals surface area contributed by atoms with Crippen LogP contribution in [0.5, 0.6) is 5.75 Å². The maximum atomic E-state index is 12.6. The Morgan fingerprint density at radius 1 is 1.10 bits per heavy atom. The maximum absolute atomic E-state index is 12.6. The van der Waals surface area contributed by atoms with Gasteiger partial charge in [0.25, 0.3) is 5.91 Å². The van der Waals surface area contributed by atoms with Gasteiger partial charge in [0.05, 0.1) is 13.2 Å². The van der Waals surface area contributed by atoms with E-state index in [1.54, 1.807) is 6.92 Å². The Bertz CT molecular complexity index is 844. The summed E-state index contributed by atoms with van der Waals surface area (Å²) in [6, 6.07) is 14.3. The summed E-state index contributed by atoms with van der Waals surface area (Å²) in [5, 5.41) is 3.03. The van der Waals surface area contributed by atoms with E-state index in [-0.39, 0.29) is 5.91 Å². The zero-order valence-corrected chi connectivity index (χ0v) is 18.6. The summed E-state index contributed by atoms with van der Waals surface area (Å²) in [5.41, 5.74) is 4.87. The predicted octanol–water partition coefficient (Wildman–Crippen LogP) is 4.03. The Balaban J connectivity index is 1.55. The van der Waals surface area contributed by atoms with Gasteiger partial charge >= 0.3 is 0 Å². The van der Waals surface area contributed by atoms with Crippen LogP contribution in [-0.2, 0) is 22.6 Å². The molecule has 1 aliphatic rings. The number of nitrogens with one attached hydrogen (secondary N) is 1. The van der Waals surface area contributed by atoms with Gasteiger partial charge in [0, 0.05) is 26.2 Å². The van der Waals surface area contributed by atoms with Crippen molar-refractivity contribution in [2.24, 2.45) is 0 Å². The molecule has 162 valence electrons. The molecule has 30 heavy (non-hydrogen) atoms. The predicted molar refractivity (Wildman–Crippen MR) is 120 cm³/mol. The fourth-order valence-electron chi connectivity index (χ4n) is 3.84. The number of carbonyl (C=O) groups excluding carboxylic acids is 1. The molecule has 1 N–H and O–H groups in total. The molecule has 3 rings (SSSR count). The summed E-state index contributed by atoms with van der Waals surface area (Å²) >= 11 is 0. The van der Waals surface area contributed by atoms with Crippen molar-refractivity contribution in [3.8, 4) is 5.75 Å². The Hall–Kier alpha value is -2.37. The molecule has 0 bridgehead atoms. The third-order valence-electron chi connectivity index (χ3n) is 5.61. The topological polar surface area (TPSA) is 50.8 Å². The van der Waals surface area contributed by atoms with Gasteiger partial charge in [0.2, 0.25) is 0 Å². The molecule has 0 radical (unpaired) electrons. The van der Waals surface area contributed by atoms with E-state index in [0.29, 0.717) is 12.5 Å². The van der Waals surface area contributed by atoms with Crippen LogP contribution in [0.3, 0.4) is 0 Å². The second kappa shape index (κ2) is 10.6. The Kier molecular flexibility index (Phi) is 7.88. The van der Waals surface area contributed by atoms with Gasteiger partial charge in [0.15, 0.2) is 6.10 Å². The average Bonchev–Trinajstić information content (AvgIpc) is 2.73. The monoisotopic (exact) mass is 410 g/mol. The lowest BCUT2D eigenvalue weighted by Gasteiger charge is -2.27. The maximum Gasteiger partial charge on any atom is 0.261 e. The minimum absolute atomic E-state index is 0.109. The van der Waals surface area contributed by atoms with Crippen LogP contribution < -0.4 is 10.1 Å². The molecule has 1 unspecified atom stereocenters. The fourth-order valence-corrected chi connectivity index (χ4v) is 3.84. The van der Waals surface area contributed by atoms with Crippen molar-refractivity contribution in [1.29, 1.82) is 0 Å². The molecular formula is C25H34N2O3. The van der Waals surface area contributed by atoms with Crippen LogP contribution in [0.1, 0.15) is 48.9 Å². The second-order valence-electron chi connectivity index (χ2n) is 8.31. The normalized spacial score (nSPS) is 15.8. The van der Waals surface area contributed by atoms with Gasteiger partial charge in [-0.1, -0.05) is 44.2 Å².